The number of nitrogens with one attached hydrogen (secondary N) is 1. The van der Waals surface area contributed by atoms with E-state index in [1.165, 1.54) is 17.9 Å². The summed E-state index contributed by atoms with van der Waals surface area (Å²) < 4.78 is 6.66. The molecule has 0 bridgehead atoms. The highest BCUT2D eigenvalue weighted by Gasteiger charge is 2.28. The van der Waals surface area contributed by atoms with Crippen molar-refractivity contribution < 1.29 is 14.3 Å². The quantitative estimate of drug-likeness (QED) is 0.611. The Labute approximate surface area is 166 Å². The molecule has 0 aliphatic rings. The van der Waals surface area contributed by atoms with Gasteiger partial charge in [-0.2, -0.15) is 5.26 Å². The van der Waals surface area contributed by atoms with Crippen LogP contribution in [0.25, 0.3) is 0 Å². The minimum Gasteiger partial charge on any atom is -0.451 e. The number of tetrazole rings is 1. The number of amides is 1. The van der Waals surface area contributed by atoms with Crippen LogP contribution < -0.4 is 5.32 Å². The Morgan fingerprint density at radius 1 is 1.17 bits per heavy atom. The van der Waals surface area contributed by atoms with Crippen molar-refractivity contribution in [3.05, 3.63) is 72.1 Å². The molecule has 0 saturated heterocycles. The van der Waals surface area contributed by atoms with Crippen molar-refractivity contribution in [3.63, 3.8) is 0 Å². The SMILES string of the molecule is C[C@H](OC(=O)[C@H](Cc1ccccc1)n1cnnn1)C(=O)Nc1ccccc1C#N. The monoisotopic (exact) mass is 390 g/mol. The number of rotatable bonds is 7. The average molecular weight is 390 g/mol. The molecule has 1 aromatic heterocycles. The van der Waals surface area contributed by atoms with E-state index in [0.29, 0.717) is 17.7 Å². The van der Waals surface area contributed by atoms with Crippen LogP contribution in [0, 0.1) is 11.3 Å². The summed E-state index contributed by atoms with van der Waals surface area (Å²) in [5, 5.41) is 22.7. The number of nitrogens with zero attached hydrogens (tertiary/aromatic N) is 5. The van der Waals surface area contributed by atoms with E-state index in [4.69, 9.17) is 10.00 Å². The van der Waals surface area contributed by atoms with Gasteiger partial charge < -0.3 is 10.1 Å². The molecule has 0 spiro atoms. The maximum atomic E-state index is 12.8. The number of ether oxygens (including phenoxy) is 1. The summed E-state index contributed by atoms with van der Waals surface area (Å²) in [5.74, 6) is -1.19. The lowest BCUT2D eigenvalue weighted by atomic mass is 10.1. The average Bonchev–Trinajstić information content (AvgIpc) is 3.27. The standard InChI is InChI=1S/C20H18N6O3/c1-14(19(27)23-17-10-6-5-9-16(17)12-21)29-20(28)18(26-13-22-24-25-26)11-15-7-3-2-4-8-15/h2-10,13-14,18H,11H2,1H3,(H,23,27)/t14-,18-/m0/s1. The lowest BCUT2D eigenvalue weighted by Crippen LogP contribution is -2.34. The van der Waals surface area contributed by atoms with E-state index >= 15 is 0 Å². The number of hydrogen-bond donors (Lipinski definition) is 1. The van der Waals surface area contributed by atoms with E-state index in [1.807, 2.05) is 36.4 Å². The summed E-state index contributed by atoms with van der Waals surface area (Å²) in [6.07, 6.45) is 0.544. The first-order valence-corrected chi connectivity index (χ1v) is 8.85. The summed E-state index contributed by atoms with van der Waals surface area (Å²) >= 11 is 0. The van der Waals surface area contributed by atoms with Crippen LogP contribution in [0.1, 0.15) is 24.1 Å². The van der Waals surface area contributed by atoms with Crippen LogP contribution >= 0.6 is 0 Å². The van der Waals surface area contributed by atoms with Crippen LogP contribution in [-0.4, -0.2) is 38.2 Å². The lowest BCUT2D eigenvalue weighted by molar-refractivity contribution is -0.156. The van der Waals surface area contributed by atoms with Gasteiger partial charge in [-0.15, -0.1) is 5.10 Å². The molecule has 0 radical (unpaired) electrons. The van der Waals surface area contributed by atoms with Gasteiger partial charge in [0.2, 0.25) is 0 Å². The second kappa shape index (κ2) is 9.23. The number of aromatic nitrogens is 4. The molecular formula is C20H18N6O3. The van der Waals surface area contributed by atoms with Crippen molar-refractivity contribution in [2.75, 3.05) is 5.32 Å². The van der Waals surface area contributed by atoms with Crippen molar-refractivity contribution in [2.45, 2.75) is 25.5 Å². The Morgan fingerprint density at radius 3 is 2.59 bits per heavy atom. The fraction of sp³-hybridized carbons (Fsp3) is 0.200. The Kier molecular flexibility index (Phi) is 6.27. The topological polar surface area (TPSA) is 123 Å². The fourth-order valence-corrected chi connectivity index (χ4v) is 2.66. The summed E-state index contributed by atoms with van der Waals surface area (Å²) in [5.41, 5.74) is 1.56. The third-order valence-corrected chi connectivity index (χ3v) is 4.20. The number of carbonyl (C=O) groups excluding carboxylic acids is 2. The highest BCUT2D eigenvalue weighted by molar-refractivity contribution is 5.96. The minimum atomic E-state index is -1.08. The molecule has 0 fully saturated rings. The van der Waals surface area contributed by atoms with Crippen molar-refractivity contribution in [2.24, 2.45) is 0 Å². The molecule has 9 heteroatoms. The number of esters is 1. The third kappa shape index (κ3) is 5.01. The van der Waals surface area contributed by atoms with Crippen molar-refractivity contribution in [3.8, 4) is 6.07 Å². The zero-order valence-corrected chi connectivity index (χ0v) is 15.6. The molecule has 0 saturated carbocycles. The molecule has 9 nitrogen and oxygen atoms in total. The number of benzene rings is 2. The normalized spacial score (nSPS) is 12.4. The molecule has 29 heavy (non-hydrogen) atoms. The van der Waals surface area contributed by atoms with Crippen molar-refractivity contribution >= 4 is 17.6 Å². The second-order valence-electron chi connectivity index (χ2n) is 6.22. The maximum absolute atomic E-state index is 12.8. The summed E-state index contributed by atoms with van der Waals surface area (Å²) in [7, 11) is 0. The molecule has 3 aromatic rings. The van der Waals surface area contributed by atoms with Gasteiger partial charge in [0, 0.05) is 6.42 Å². The van der Waals surface area contributed by atoms with Gasteiger partial charge in [-0.25, -0.2) is 9.48 Å². The third-order valence-electron chi connectivity index (χ3n) is 4.20. The lowest BCUT2D eigenvalue weighted by Gasteiger charge is -2.19. The van der Waals surface area contributed by atoms with Crippen LogP contribution in [0.15, 0.2) is 60.9 Å². The van der Waals surface area contributed by atoms with Gasteiger partial charge in [0.25, 0.3) is 5.91 Å². The van der Waals surface area contributed by atoms with Crippen LogP contribution in [0.5, 0.6) is 0 Å². The number of anilines is 1. The number of nitriles is 1. The van der Waals surface area contributed by atoms with E-state index in [1.54, 1.807) is 24.3 Å². The molecule has 2 aromatic carbocycles. The highest BCUT2D eigenvalue weighted by Crippen LogP contribution is 2.17. The molecule has 3 rings (SSSR count). The maximum Gasteiger partial charge on any atom is 0.332 e. The molecule has 1 heterocycles. The van der Waals surface area contributed by atoms with E-state index in [2.05, 4.69) is 20.8 Å². The van der Waals surface area contributed by atoms with Crippen LogP contribution in [0.2, 0.25) is 0 Å². The number of carbonyl (C=O) groups is 2. The molecule has 146 valence electrons. The largest absolute Gasteiger partial charge is 0.451 e. The smallest absolute Gasteiger partial charge is 0.332 e. The zero-order valence-electron chi connectivity index (χ0n) is 15.6. The summed E-state index contributed by atoms with van der Waals surface area (Å²) in [4.78, 5) is 25.2. The van der Waals surface area contributed by atoms with E-state index in [0.717, 1.165) is 5.56 Å². The van der Waals surface area contributed by atoms with E-state index in [-0.39, 0.29) is 0 Å². The molecule has 2 atom stereocenters. The Balaban J connectivity index is 1.70. The van der Waals surface area contributed by atoms with Gasteiger partial charge in [-0.3, -0.25) is 4.79 Å². The summed E-state index contributed by atoms with van der Waals surface area (Å²) in [6.45, 7) is 1.46. The molecule has 1 amide bonds. The first kappa shape index (κ1) is 19.7. The molecule has 0 unspecified atom stereocenters. The zero-order chi connectivity index (χ0) is 20.6. The van der Waals surface area contributed by atoms with Gasteiger partial charge in [-0.05, 0) is 35.0 Å². The fourth-order valence-electron chi connectivity index (χ4n) is 2.66. The molecule has 0 aliphatic carbocycles. The number of para-hydroxylation sites is 1. The molecule has 0 aliphatic heterocycles. The van der Waals surface area contributed by atoms with E-state index in [9.17, 15) is 9.59 Å². The Morgan fingerprint density at radius 2 is 1.90 bits per heavy atom. The predicted octanol–water partition coefficient (Wildman–Crippen LogP) is 1.90. The van der Waals surface area contributed by atoms with E-state index < -0.39 is 24.0 Å². The highest BCUT2D eigenvalue weighted by atomic mass is 16.5. The molecular weight excluding hydrogens is 372 g/mol. The van der Waals surface area contributed by atoms with Crippen LogP contribution in [-0.2, 0) is 20.7 Å². The van der Waals surface area contributed by atoms with Crippen LogP contribution in [0.4, 0.5) is 5.69 Å². The van der Waals surface area contributed by atoms with Gasteiger partial charge >= 0.3 is 5.97 Å². The summed E-state index contributed by atoms with van der Waals surface area (Å²) in [6, 6.07) is 17.1. The van der Waals surface area contributed by atoms with Crippen LogP contribution in [0.3, 0.4) is 0 Å². The van der Waals surface area contributed by atoms with Gasteiger partial charge in [0.15, 0.2) is 12.1 Å². The van der Waals surface area contributed by atoms with Gasteiger partial charge in [0.05, 0.1) is 11.3 Å². The van der Waals surface area contributed by atoms with Crippen molar-refractivity contribution in [1.82, 2.24) is 20.2 Å². The van der Waals surface area contributed by atoms with Gasteiger partial charge in [0.1, 0.15) is 12.4 Å². The molecule has 1 N–H and O–H groups in total. The first-order valence-electron chi connectivity index (χ1n) is 8.85. The second-order valence-corrected chi connectivity index (χ2v) is 6.22. The van der Waals surface area contributed by atoms with Crippen molar-refractivity contribution in [1.29, 1.82) is 5.26 Å². The predicted molar refractivity (Wildman–Crippen MR) is 102 cm³/mol. The minimum absolute atomic E-state index is 0.302. The number of hydrogen-bond acceptors (Lipinski definition) is 7. The van der Waals surface area contributed by atoms with Gasteiger partial charge in [-0.1, -0.05) is 42.5 Å². The Hall–Kier alpha value is -4.06. The Bertz CT molecular complexity index is 1010. The first-order chi connectivity index (χ1) is 14.1.